The molecule has 0 amide bonds. The molecule has 1 aromatic heterocycles. The lowest BCUT2D eigenvalue weighted by Crippen LogP contribution is -2.49. The summed E-state index contributed by atoms with van der Waals surface area (Å²) in [5.41, 5.74) is 7.84. The van der Waals surface area contributed by atoms with Gasteiger partial charge in [0.15, 0.2) is 5.13 Å². The minimum absolute atomic E-state index is 0.189. The van der Waals surface area contributed by atoms with E-state index in [4.69, 9.17) is 19.2 Å². The number of fused-ring (bicyclic) bond motifs is 1. The van der Waals surface area contributed by atoms with Crippen LogP contribution in [0.1, 0.15) is 55.0 Å². The van der Waals surface area contributed by atoms with E-state index >= 15 is 0 Å². The van der Waals surface area contributed by atoms with E-state index in [9.17, 15) is 4.79 Å². The SMILES string of the molecule is CO[C@H]1CN(c2nc(-c3cccc(C)c3OCc3cc(C)c4c(c3)CCNC4)cs2)CC[C@H]1C(=O)OC(C)(C)C. The quantitative estimate of drug-likeness (QED) is 0.363. The topological polar surface area (TPSA) is 72.9 Å². The van der Waals surface area contributed by atoms with Crippen molar-refractivity contribution in [2.75, 3.05) is 31.6 Å². The molecule has 0 unspecified atom stereocenters. The molecule has 0 saturated carbocycles. The van der Waals surface area contributed by atoms with Crippen molar-refractivity contribution in [2.45, 2.75) is 72.3 Å². The molecule has 2 aliphatic rings. The molecule has 2 aliphatic heterocycles. The molecular formula is C32H41N3O4S. The van der Waals surface area contributed by atoms with Gasteiger partial charge in [-0.25, -0.2) is 4.98 Å². The minimum Gasteiger partial charge on any atom is -0.488 e. The maximum Gasteiger partial charge on any atom is 0.312 e. The molecule has 0 radical (unpaired) electrons. The highest BCUT2D eigenvalue weighted by atomic mass is 32.1. The Hall–Kier alpha value is -2.94. The van der Waals surface area contributed by atoms with Gasteiger partial charge >= 0.3 is 5.97 Å². The van der Waals surface area contributed by atoms with Gasteiger partial charge in [-0.1, -0.05) is 24.3 Å². The fraction of sp³-hybridized carbons (Fsp3) is 0.500. The van der Waals surface area contributed by atoms with E-state index in [1.807, 2.05) is 20.8 Å². The number of piperidine rings is 1. The lowest BCUT2D eigenvalue weighted by atomic mass is 9.93. The third-order valence-corrected chi connectivity index (χ3v) is 8.60. The highest BCUT2D eigenvalue weighted by Crippen LogP contribution is 2.37. The molecule has 0 aliphatic carbocycles. The van der Waals surface area contributed by atoms with Crippen LogP contribution in [0.4, 0.5) is 5.13 Å². The summed E-state index contributed by atoms with van der Waals surface area (Å²) in [7, 11) is 1.66. The van der Waals surface area contributed by atoms with Crippen LogP contribution >= 0.6 is 11.3 Å². The Morgan fingerprint density at radius 3 is 2.80 bits per heavy atom. The van der Waals surface area contributed by atoms with Crippen molar-refractivity contribution in [3.05, 3.63) is 63.5 Å². The number of aromatic nitrogens is 1. The second-order valence-electron chi connectivity index (χ2n) is 11.9. The van der Waals surface area contributed by atoms with Gasteiger partial charge in [0, 0.05) is 37.7 Å². The molecule has 0 spiro atoms. The number of carbonyl (C=O) groups excluding carboxylic acids is 1. The Balaban J connectivity index is 1.31. The smallest absolute Gasteiger partial charge is 0.312 e. The van der Waals surface area contributed by atoms with Gasteiger partial charge in [0.25, 0.3) is 0 Å². The lowest BCUT2D eigenvalue weighted by Gasteiger charge is -2.37. The third kappa shape index (κ3) is 6.35. The molecule has 0 bridgehead atoms. The Morgan fingerprint density at radius 1 is 1.20 bits per heavy atom. The molecule has 8 heteroatoms. The summed E-state index contributed by atoms with van der Waals surface area (Å²) >= 11 is 1.61. The molecule has 2 aromatic carbocycles. The van der Waals surface area contributed by atoms with Crippen molar-refractivity contribution < 1.29 is 19.0 Å². The normalized spacial score (nSPS) is 19.3. The van der Waals surface area contributed by atoms with Crippen molar-refractivity contribution in [3.8, 4) is 17.0 Å². The Morgan fingerprint density at radius 2 is 2.02 bits per heavy atom. The first-order valence-electron chi connectivity index (χ1n) is 14.1. The van der Waals surface area contributed by atoms with Gasteiger partial charge in [-0.2, -0.15) is 0 Å². The molecule has 3 heterocycles. The number of benzene rings is 2. The van der Waals surface area contributed by atoms with E-state index in [1.165, 1.54) is 22.3 Å². The molecule has 214 valence electrons. The van der Waals surface area contributed by atoms with Crippen LogP contribution in [-0.4, -0.2) is 49.4 Å². The number of thiazole rings is 1. The van der Waals surface area contributed by atoms with E-state index in [2.05, 4.69) is 59.8 Å². The summed E-state index contributed by atoms with van der Waals surface area (Å²) in [6.45, 7) is 13.8. The second kappa shape index (κ2) is 11.9. The zero-order valence-corrected chi connectivity index (χ0v) is 25.3. The van der Waals surface area contributed by atoms with E-state index in [0.29, 0.717) is 19.6 Å². The summed E-state index contributed by atoms with van der Waals surface area (Å²) in [5.74, 6) is 0.404. The predicted molar refractivity (Wildman–Crippen MR) is 160 cm³/mol. The van der Waals surface area contributed by atoms with Crippen LogP contribution in [0.25, 0.3) is 11.3 Å². The molecule has 40 heavy (non-hydrogen) atoms. The third-order valence-electron chi connectivity index (χ3n) is 7.70. The van der Waals surface area contributed by atoms with E-state index < -0.39 is 5.60 Å². The van der Waals surface area contributed by atoms with Gasteiger partial charge in [-0.05, 0) is 87.9 Å². The lowest BCUT2D eigenvalue weighted by molar-refractivity contribution is -0.165. The highest BCUT2D eigenvalue weighted by Gasteiger charge is 2.37. The molecule has 5 rings (SSSR count). The first kappa shape index (κ1) is 28.6. The summed E-state index contributed by atoms with van der Waals surface area (Å²) in [6, 6.07) is 10.8. The minimum atomic E-state index is -0.513. The molecule has 1 fully saturated rings. The Kier molecular flexibility index (Phi) is 8.50. The number of rotatable bonds is 7. The van der Waals surface area contributed by atoms with Crippen LogP contribution in [0.3, 0.4) is 0 Å². The number of esters is 1. The zero-order chi connectivity index (χ0) is 28.4. The fourth-order valence-corrected chi connectivity index (χ4v) is 6.54. The summed E-state index contributed by atoms with van der Waals surface area (Å²) in [6.07, 6.45) is 1.47. The maximum atomic E-state index is 12.8. The first-order valence-corrected chi connectivity index (χ1v) is 15.0. The monoisotopic (exact) mass is 563 g/mol. The highest BCUT2D eigenvalue weighted by molar-refractivity contribution is 7.14. The number of methoxy groups -OCH3 is 1. The average molecular weight is 564 g/mol. The maximum absolute atomic E-state index is 12.8. The predicted octanol–water partition coefficient (Wildman–Crippen LogP) is 5.83. The molecule has 7 nitrogen and oxygen atoms in total. The number of hydrogen-bond donors (Lipinski definition) is 1. The molecule has 1 saturated heterocycles. The number of hydrogen-bond acceptors (Lipinski definition) is 8. The van der Waals surface area contributed by atoms with Crippen molar-refractivity contribution >= 4 is 22.4 Å². The van der Waals surface area contributed by atoms with Gasteiger partial charge in [-0.3, -0.25) is 4.79 Å². The number of nitrogens with one attached hydrogen (secondary N) is 1. The van der Waals surface area contributed by atoms with Crippen molar-refractivity contribution in [3.63, 3.8) is 0 Å². The zero-order valence-electron chi connectivity index (χ0n) is 24.5. The fourth-order valence-electron chi connectivity index (χ4n) is 5.68. The number of nitrogens with zero attached hydrogens (tertiary/aromatic N) is 2. The average Bonchev–Trinajstić information content (AvgIpc) is 3.41. The van der Waals surface area contributed by atoms with Crippen LogP contribution in [0.2, 0.25) is 0 Å². The number of anilines is 1. The van der Waals surface area contributed by atoms with E-state index in [0.717, 1.165) is 53.8 Å². The van der Waals surface area contributed by atoms with Gasteiger partial charge in [0.05, 0.1) is 17.7 Å². The second-order valence-corrected chi connectivity index (χ2v) is 12.7. The standard InChI is InChI=1S/C32H41N3O4S/c1-20-8-7-9-24(29(20)38-18-22-14-21(2)26-16-33-12-10-23(26)15-22)27-19-40-31(34-27)35-13-11-25(28(17-35)37-6)30(36)39-32(3,4)5/h7-9,14-15,19,25,28,33H,10-13,16-18H2,1-6H3/t25-,28+/m1/s1. The van der Waals surface area contributed by atoms with Crippen LogP contribution < -0.4 is 15.0 Å². The van der Waals surface area contributed by atoms with Crippen LogP contribution in [0.15, 0.2) is 35.7 Å². The van der Waals surface area contributed by atoms with Crippen molar-refractivity contribution in [2.24, 2.45) is 5.92 Å². The summed E-state index contributed by atoms with van der Waals surface area (Å²) < 4.78 is 17.9. The molecule has 2 atom stereocenters. The van der Waals surface area contributed by atoms with Gasteiger partial charge in [-0.15, -0.1) is 11.3 Å². The van der Waals surface area contributed by atoms with E-state index in [1.54, 1.807) is 18.4 Å². The number of carbonyl (C=O) groups is 1. The van der Waals surface area contributed by atoms with Gasteiger partial charge < -0.3 is 24.4 Å². The van der Waals surface area contributed by atoms with Crippen LogP contribution in [0, 0.1) is 19.8 Å². The van der Waals surface area contributed by atoms with Crippen molar-refractivity contribution in [1.82, 2.24) is 10.3 Å². The first-order chi connectivity index (χ1) is 19.1. The summed E-state index contributed by atoms with van der Waals surface area (Å²) in [5, 5.41) is 6.48. The molecule has 3 aromatic rings. The van der Waals surface area contributed by atoms with Crippen LogP contribution in [-0.2, 0) is 33.8 Å². The van der Waals surface area contributed by atoms with E-state index in [-0.39, 0.29) is 18.0 Å². The number of para-hydroxylation sites is 1. The van der Waals surface area contributed by atoms with Gasteiger partial charge in [0.2, 0.25) is 0 Å². The molecule has 1 N–H and O–H groups in total. The number of aryl methyl sites for hydroxylation is 2. The van der Waals surface area contributed by atoms with Gasteiger partial charge in [0.1, 0.15) is 18.0 Å². The summed E-state index contributed by atoms with van der Waals surface area (Å²) in [4.78, 5) is 20.0. The van der Waals surface area contributed by atoms with Crippen LogP contribution in [0.5, 0.6) is 5.75 Å². The Labute approximate surface area is 241 Å². The number of ether oxygens (including phenoxy) is 3. The Bertz CT molecular complexity index is 1360. The molecular weight excluding hydrogens is 522 g/mol. The largest absolute Gasteiger partial charge is 0.488 e. The van der Waals surface area contributed by atoms with Crippen molar-refractivity contribution in [1.29, 1.82) is 0 Å².